The second kappa shape index (κ2) is 5.26. The van der Waals surface area contributed by atoms with Gasteiger partial charge in [0.25, 0.3) is 0 Å². The zero-order chi connectivity index (χ0) is 14.1. The molecule has 0 unspecified atom stereocenters. The SMILES string of the molecule is Nc1ccc(Br)cc1-c1nc2ccccc2n1CCO. The van der Waals surface area contributed by atoms with Crippen molar-refractivity contribution in [3.8, 4) is 11.4 Å². The van der Waals surface area contributed by atoms with E-state index in [9.17, 15) is 5.11 Å². The Morgan fingerprint density at radius 3 is 2.80 bits per heavy atom. The van der Waals surface area contributed by atoms with Crippen LogP contribution in [0.15, 0.2) is 46.9 Å². The number of nitrogen functional groups attached to an aromatic ring is 1. The van der Waals surface area contributed by atoms with E-state index in [1.807, 2.05) is 47.0 Å². The van der Waals surface area contributed by atoms with E-state index in [1.165, 1.54) is 0 Å². The van der Waals surface area contributed by atoms with Crippen LogP contribution >= 0.6 is 15.9 Å². The highest BCUT2D eigenvalue weighted by Crippen LogP contribution is 2.31. The second-order valence-electron chi connectivity index (χ2n) is 4.53. The van der Waals surface area contributed by atoms with Crippen LogP contribution < -0.4 is 5.73 Å². The molecule has 20 heavy (non-hydrogen) atoms. The van der Waals surface area contributed by atoms with E-state index in [2.05, 4.69) is 20.9 Å². The van der Waals surface area contributed by atoms with Gasteiger partial charge < -0.3 is 15.4 Å². The summed E-state index contributed by atoms with van der Waals surface area (Å²) in [5, 5.41) is 9.30. The molecule has 3 N–H and O–H groups in total. The Bertz CT molecular complexity index is 767. The Kier molecular flexibility index (Phi) is 3.46. The molecule has 0 aliphatic heterocycles. The van der Waals surface area contributed by atoms with Crippen LogP contribution in [-0.4, -0.2) is 21.3 Å². The Balaban J connectivity index is 2.29. The third-order valence-electron chi connectivity index (χ3n) is 3.23. The van der Waals surface area contributed by atoms with Crippen LogP contribution in [0, 0.1) is 0 Å². The number of anilines is 1. The van der Waals surface area contributed by atoms with E-state index in [0.29, 0.717) is 12.2 Å². The molecule has 0 radical (unpaired) electrons. The molecule has 0 aliphatic carbocycles. The van der Waals surface area contributed by atoms with Crippen molar-refractivity contribution in [2.24, 2.45) is 0 Å². The first kappa shape index (κ1) is 13.1. The first-order chi connectivity index (χ1) is 9.70. The van der Waals surface area contributed by atoms with Crippen molar-refractivity contribution < 1.29 is 5.11 Å². The van der Waals surface area contributed by atoms with E-state index in [1.54, 1.807) is 0 Å². The lowest BCUT2D eigenvalue weighted by atomic mass is 10.1. The zero-order valence-electron chi connectivity index (χ0n) is 10.8. The van der Waals surface area contributed by atoms with Gasteiger partial charge in [0.05, 0.1) is 17.6 Å². The number of halogens is 1. The Morgan fingerprint density at radius 1 is 1.20 bits per heavy atom. The van der Waals surface area contributed by atoms with Crippen molar-refractivity contribution in [3.63, 3.8) is 0 Å². The standard InChI is InChI=1S/C15H14BrN3O/c16-10-5-6-12(17)11(9-10)15-18-13-3-1-2-4-14(13)19(15)7-8-20/h1-6,9,20H,7-8,17H2. The predicted octanol–water partition coefficient (Wildman–Crippen LogP) is 3.04. The number of hydrogen-bond acceptors (Lipinski definition) is 3. The number of imidazole rings is 1. The molecule has 4 nitrogen and oxygen atoms in total. The number of aromatic nitrogens is 2. The van der Waals surface area contributed by atoms with Gasteiger partial charge in [-0.1, -0.05) is 28.1 Å². The van der Waals surface area contributed by atoms with Gasteiger partial charge in [-0.05, 0) is 30.3 Å². The molecule has 0 spiro atoms. The maximum absolute atomic E-state index is 9.30. The van der Waals surface area contributed by atoms with Crippen LogP contribution in [0.2, 0.25) is 0 Å². The van der Waals surface area contributed by atoms with Crippen molar-refractivity contribution in [1.82, 2.24) is 9.55 Å². The van der Waals surface area contributed by atoms with Crippen LogP contribution in [-0.2, 0) is 6.54 Å². The molecule has 0 bridgehead atoms. The molecule has 1 aromatic heterocycles. The normalized spacial score (nSPS) is 11.1. The topological polar surface area (TPSA) is 64.1 Å². The van der Waals surface area contributed by atoms with Gasteiger partial charge in [-0.15, -0.1) is 0 Å². The number of nitrogens with zero attached hydrogens (tertiary/aromatic N) is 2. The number of aliphatic hydroxyl groups excluding tert-OH is 1. The van der Waals surface area contributed by atoms with Gasteiger partial charge in [0, 0.05) is 22.3 Å². The molecular weight excluding hydrogens is 318 g/mol. The van der Waals surface area contributed by atoms with Crippen molar-refractivity contribution in [2.45, 2.75) is 6.54 Å². The highest BCUT2D eigenvalue weighted by atomic mass is 79.9. The van der Waals surface area contributed by atoms with Gasteiger partial charge >= 0.3 is 0 Å². The fourth-order valence-electron chi connectivity index (χ4n) is 2.33. The van der Waals surface area contributed by atoms with Gasteiger partial charge in [0.15, 0.2) is 0 Å². The Morgan fingerprint density at radius 2 is 2.00 bits per heavy atom. The van der Waals surface area contributed by atoms with E-state index >= 15 is 0 Å². The smallest absolute Gasteiger partial charge is 0.143 e. The summed E-state index contributed by atoms with van der Waals surface area (Å²) in [6.45, 7) is 0.545. The summed E-state index contributed by atoms with van der Waals surface area (Å²) < 4.78 is 2.94. The van der Waals surface area contributed by atoms with E-state index in [4.69, 9.17) is 5.73 Å². The third kappa shape index (κ3) is 2.19. The molecule has 2 aromatic carbocycles. The van der Waals surface area contributed by atoms with Crippen molar-refractivity contribution in [1.29, 1.82) is 0 Å². The summed E-state index contributed by atoms with van der Waals surface area (Å²) in [5.41, 5.74) is 9.50. The molecule has 0 aliphatic rings. The molecular formula is C15H14BrN3O. The number of aliphatic hydroxyl groups is 1. The van der Waals surface area contributed by atoms with Gasteiger partial charge in [-0.2, -0.15) is 0 Å². The van der Waals surface area contributed by atoms with Crippen molar-refractivity contribution >= 4 is 32.7 Å². The minimum absolute atomic E-state index is 0.0568. The van der Waals surface area contributed by atoms with Crippen LogP contribution in [0.25, 0.3) is 22.4 Å². The zero-order valence-corrected chi connectivity index (χ0v) is 12.3. The minimum Gasteiger partial charge on any atom is -0.398 e. The van der Waals surface area contributed by atoms with Gasteiger partial charge in [-0.25, -0.2) is 4.98 Å². The molecule has 3 aromatic rings. The second-order valence-corrected chi connectivity index (χ2v) is 5.45. The number of hydrogen-bond donors (Lipinski definition) is 2. The van der Waals surface area contributed by atoms with Crippen LogP contribution in [0.3, 0.4) is 0 Å². The largest absolute Gasteiger partial charge is 0.398 e. The lowest BCUT2D eigenvalue weighted by molar-refractivity contribution is 0.278. The molecule has 3 rings (SSSR count). The predicted molar refractivity (Wildman–Crippen MR) is 84.4 cm³/mol. The number of fused-ring (bicyclic) bond motifs is 1. The molecule has 1 heterocycles. The lowest BCUT2D eigenvalue weighted by Crippen LogP contribution is -2.05. The van der Waals surface area contributed by atoms with Crippen LogP contribution in [0.1, 0.15) is 0 Å². The van der Waals surface area contributed by atoms with Crippen molar-refractivity contribution in [3.05, 3.63) is 46.9 Å². The average Bonchev–Trinajstić information content (AvgIpc) is 2.81. The fraction of sp³-hybridized carbons (Fsp3) is 0.133. The number of rotatable bonds is 3. The quantitative estimate of drug-likeness (QED) is 0.725. The summed E-state index contributed by atoms with van der Waals surface area (Å²) in [6, 6.07) is 13.6. The fourth-order valence-corrected chi connectivity index (χ4v) is 2.69. The number of nitrogens with two attached hydrogens (primary N) is 1. The first-order valence-electron chi connectivity index (χ1n) is 6.32. The van der Waals surface area contributed by atoms with Gasteiger partial charge in [0.2, 0.25) is 0 Å². The molecule has 0 saturated carbocycles. The summed E-state index contributed by atoms with van der Waals surface area (Å²) in [5.74, 6) is 0.777. The van der Waals surface area contributed by atoms with Gasteiger partial charge in [0.1, 0.15) is 5.82 Å². The first-order valence-corrected chi connectivity index (χ1v) is 7.11. The molecule has 0 saturated heterocycles. The molecule has 5 heteroatoms. The minimum atomic E-state index is 0.0568. The lowest BCUT2D eigenvalue weighted by Gasteiger charge is -2.10. The number of para-hydroxylation sites is 2. The molecule has 102 valence electrons. The summed E-state index contributed by atoms with van der Waals surface area (Å²) in [4.78, 5) is 4.65. The number of benzene rings is 2. The van der Waals surface area contributed by atoms with E-state index < -0.39 is 0 Å². The van der Waals surface area contributed by atoms with Crippen LogP contribution in [0.5, 0.6) is 0 Å². The monoisotopic (exact) mass is 331 g/mol. The molecule has 0 fully saturated rings. The maximum atomic E-state index is 9.30. The molecule has 0 atom stereocenters. The highest BCUT2D eigenvalue weighted by Gasteiger charge is 2.14. The summed E-state index contributed by atoms with van der Waals surface area (Å²) in [7, 11) is 0. The van der Waals surface area contributed by atoms with Crippen LogP contribution in [0.4, 0.5) is 5.69 Å². The van der Waals surface area contributed by atoms with E-state index in [0.717, 1.165) is 26.9 Å². The van der Waals surface area contributed by atoms with E-state index in [-0.39, 0.29) is 6.61 Å². The average molecular weight is 332 g/mol. The molecule has 0 amide bonds. The third-order valence-corrected chi connectivity index (χ3v) is 3.73. The summed E-state index contributed by atoms with van der Waals surface area (Å²) >= 11 is 3.46. The summed E-state index contributed by atoms with van der Waals surface area (Å²) in [6.07, 6.45) is 0. The Labute approximate surface area is 125 Å². The van der Waals surface area contributed by atoms with Crippen molar-refractivity contribution in [2.75, 3.05) is 12.3 Å². The Hall–Kier alpha value is -1.85. The maximum Gasteiger partial charge on any atom is 0.143 e. The van der Waals surface area contributed by atoms with Gasteiger partial charge in [-0.3, -0.25) is 0 Å². The highest BCUT2D eigenvalue weighted by molar-refractivity contribution is 9.10.